The first-order valence-electron chi connectivity index (χ1n) is 7.42. The van der Waals surface area contributed by atoms with Gasteiger partial charge in [0.1, 0.15) is 5.52 Å². The van der Waals surface area contributed by atoms with Gasteiger partial charge in [-0.2, -0.15) is 0 Å². The van der Waals surface area contributed by atoms with Crippen LogP contribution in [-0.4, -0.2) is 10.9 Å². The molecule has 0 aliphatic rings. The molecule has 0 atom stereocenters. The molecule has 0 aliphatic carbocycles. The third-order valence-corrected chi connectivity index (χ3v) is 3.87. The second-order valence-corrected chi connectivity index (χ2v) is 6.24. The summed E-state index contributed by atoms with van der Waals surface area (Å²) in [6.45, 7) is 5.67. The zero-order chi connectivity index (χ0) is 16.6. The highest BCUT2D eigenvalue weighted by Gasteiger charge is 2.13. The van der Waals surface area contributed by atoms with Crippen molar-refractivity contribution in [3.05, 3.63) is 47.0 Å². The average molecular weight is 329 g/mol. The number of rotatable bonds is 3. The molecular weight excluding hydrogens is 312 g/mol. The van der Waals surface area contributed by atoms with Crippen molar-refractivity contribution in [2.45, 2.75) is 20.8 Å². The Labute approximate surface area is 139 Å². The molecule has 1 aromatic heterocycles. The van der Waals surface area contributed by atoms with E-state index in [2.05, 4.69) is 10.3 Å². The van der Waals surface area contributed by atoms with Crippen LogP contribution in [0.15, 0.2) is 40.8 Å². The van der Waals surface area contributed by atoms with Gasteiger partial charge in [-0.3, -0.25) is 4.79 Å². The summed E-state index contributed by atoms with van der Waals surface area (Å²) >= 11 is 6.17. The van der Waals surface area contributed by atoms with Crippen molar-refractivity contribution >= 4 is 34.3 Å². The minimum Gasteiger partial charge on any atom is -0.436 e. The molecule has 23 heavy (non-hydrogen) atoms. The molecule has 5 heteroatoms. The Bertz CT molecular complexity index is 884. The van der Waals surface area contributed by atoms with Crippen LogP contribution in [0.25, 0.3) is 22.6 Å². The van der Waals surface area contributed by atoms with E-state index in [0.717, 1.165) is 22.2 Å². The molecule has 2 aromatic carbocycles. The fourth-order valence-corrected chi connectivity index (χ4v) is 2.36. The predicted molar refractivity (Wildman–Crippen MR) is 92.7 cm³/mol. The van der Waals surface area contributed by atoms with E-state index >= 15 is 0 Å². The Kier molecular flexibility index (Phi) is 4.09. The van der Waals surface area contributed by atoms with Crippen LogP contribution >= 0.6 is 11.6 Å². The highest BCUT2D eigenvalue weighted by atomic mass is 35.5. The molecule has 0 unspecified atom stereocenters. The van der Waals surface area contributed by atoms with Crippen LogP contribution in [0.5, 0.6) is 0 Å². The monoisotopic (exact) mass is 328 g/mol. The Balaban J connectivity index is 2.00. The van der Waals surface area contributed by atoms with Gasteiger partial charge in [-0.05, 0) is 42.8 Å². The summed E-state index contributed by atoms with van der Waals surface area (Å²) < 4.78 is 5.79. The van der Waals surface area contributed by atoms with E-state index in [1.165, 1.54) is 0 Å². The summed E-state index contributed by atoms with van der Waals surface area (Å²) in [5, 5.41) is 3.30. The molecule has 3 aromatic rings. The summed E-state index contributed by atoms with van der Waals surface area (Å²) in [6.07, 6.45) is 0. The van der Waals surface area contributed by atoms with Crippen LogP contribution in [0.1, 0.15) is 19.4 Å². The zero-order valence-corrected chi connectivity index (χ0v) is 13.9. The molecule has 3 rings (SSSR count). The standard InChI is InChI=1S/C18H17ClN2O2/c1-10(2)17(22)20-14-9-12(5-6-13(14)19)18-21-15-8-11(3)4-7-16(15)23-18/h4-10H,1-3H3,(H,20,22). The molecule has 0 saturated heterocycles. The first-order valence-corrected chi connectivity index (χ1v) is 7.80. The first kappa shape index (κ1) is 15.6. The number of halogens is 1. The summed E-state index contributed by atoms with van der Waals surface area (Å²) in [5.74, 6) is 0.293. The maximum atomic E-state index is 11.9. The number of benzene rings is 2. The lowest BCUT2D eigenvalue weighted by Crippen LogP contribution is -2.17. The second-order valence-electron chi connectivity index (χ2n) is 5.83. The highest BCUT2D eigenvalue weighted by Crippen LogP contribution is 2.30. The molecular formula is C18H17ClN2O2. The summed E-state index contributed by atoms with van der Waals surface area (Å²) in [5.41, 5.74) is 3.98. The first-order chi connectivity index (χ1) is 10.9. The van der Waals surface area contributed by atoms with Crippen LogP contribution < -0.4 is 5.32 Å². The van der Waals surface area contributed by atoms with Crippen molar-refractivity contribution in [1.82, 2.24) is 4.98 Å². The van der Waals surface area contributed by atoms with E-state index in [0.29, 0.717) is 16.6 Å². The van der Waals surface area contributed by atoms with E-state index in [1.807, 2.05) is 45.0 Å². The smallest absolute Gasteiger partial charge is 0.227 e. The number of aryl methyl sites for hydroxylation is 1. The third kappa shape index (κ3) is 3.22. The molecule has 0 spiro atoms. The highest BCUT2D eigenvalue weighted by molar-refractivity contribution is 6.33. The van der Waals surface area contributed by atoms with Gasteiger partial charge in [-0.1, -0.05) is 31.5 Å². The van der Waals surface area contributed by atoms with E-state index in [9.17, 15) is 4.79 Å². The molecule has 0 radical (unpaired) electrons. The number of carbonyl (C=O) groups excluding carboxylic acids is 1. The Hall–Kier alpha value is -2.33. The van der Waals surface area contributed by atoms with Gasteiger partial charge in [-0.15, -0.1) is 0 Å². The molecule has 0 fully saturated rings. The van der Waals surface area contributed by atoms with Gasteiger partial charge in [0.2, 0.25) is 11.8 Å². The van der Waals surface area contributed by atoms with Gasteiger partial charge in [0.05, 0.1) is 10.7 Å². The minimum atomic E-state index is -0.123. The molecule has 0 saturated carbocycles. The van der Waals surface area contributed by atoms with Gasteiger partial charge >= 0.3 is 0 Å². The minimum absolute atomic E-state index is 0.0859. The number of carbonyl (C=O) groups is 1. The Morgan fingerprint density at radius 1 is 1.22 bits per heavy atom. The molecule has 118 valence electrons. The lowest BCUT2D eigenvalue weighted by atomic mass is 10.1. The number of fused-ring (bicyclic) bond motifs is 1. The second kappa shape index (κ2) is 6.05. The van der Waals surface area contributed by atoms with Gasteiger partial charge in [0, 0.05) is 11.5 Å². The van der Waals surface area contributed by atoms with Crippen molar-refractivity contribution < 1.29 is 9.21 Å². The lowest BCUT2D eigenvalue weighted by Gasteiger charge is -2.10. The van der Waals surface area contributed by atoms with Crippen LogP contribution in [0.4, 0.5) is 5.69 Å². The Morgan fingerprint density at radius 2 is 2.00 bits per heavy atom. The summed E-state index contributed by atoms with van der Waals surface area (Å²) in [7, 11) is 0. The quantitative estimate of drug-likeness (QED) is 0.731. The van der Waals surface area contributed by atoms with Crippen LogP contribution in [0, 0.1) is 12.8 Å². The summed E-state index contributed by atoms with van der Waals surface area (Å²) in [6, 6.07) is 11.2. The number of nitrogens with one attached hydrogen (secondary N) is 1. The molecule has 1 heterocycles. The van der Waals surface area contributed by atoms with Crippen molar-refractivity contribution in [3.8, 4) is 11.5 Å². The molecule has 1 amide bonds. The van der Waals surface area contributed by atoms with Gasteiger partial charge in [-0.25, -0.2) is 4.98 Å². The van der Waals surface area contributed by atoms with Crippen molar-refractivity contribution in [2.75, 3.05) is 5.32 Å². The molecule has 0 aliphatic heterocycles. The number of hydrogen-bond acceptors (Lipinski definition) is 3. The zero-order valence-electron chi connectivity index (χ0n) is 13.2. The van der Waals surface area contributed by atoms with Gasteiger partial charge in [0.15, 0.2) is 5.58 Å². The van der Waals surface area contributed by atoms with Crippen molar-refractivity contribution in [1.29, 1.82) is 0 Å². The average Bonchev–Trinajstić information content (AvgIpc) is 2.92. The molecule has 0 bridgehead atoms. The van der Waals surface area contributed by atoms with Crippen LogP contribution in [0.3, 0.4) is 0 Å². The maximum absolute atomic E-state index is 11.9. The normalized spacial score (nSPS) is 11.2. The lowest BCUT2D eigenvalue weighted by molar-refractivity contribution is -0.118. The molecule has 1 N–H and O–H groups in total. The van der Waals surface area contributed by atoms with Crippen LogP contribution in [-0.2, 0) is 4.79 Å². The topological polar surface area (TPSA) is 55.1 Å². The fraction of sp³-hybridized carbons (Fsp3) is 0.222. The number of aromatic nitrogens is 1. The predicted octanol–water partition coefficient (Wildman–Crippen LogP) is 5.05. The van der Waals surface area contributed by atoms with Crippen molar-refractivity contribution in [2.24, 2.45) is 5.92 Å². The summed E-state index contributed by atoms with van der Waals surface area (Å²) in [4.78, 5) is 16.4. The van der Waals surface area contributed by atoms with E-state index < -0.39 is 0 Å². The third-order valence-electron chi connectivity index (χ3n) is 3.54. The van der Waals surface area contributed by atoms with Crippen molar-refractivity contribution in [3.63, 3.8) is 0 Å². The van der Waals surface area contributed by atoms with Gasteiger partial charge < -0.3 is 9.73 Å². The number of amides is 1. The van der Waals surface area contributed by atoms with E-state index in [-0.39, 0.29) is 11.8 Å². The molecule has 4 nitrogen and oxygen atoms in total. The number of hydrogen-bond donors (Lipinski definition) is 1. The maximum Gasteiger partial charge on any atom is 0.227 e. The van der Waals surface area contributed by atoms with E-state index in [1.54, 1.807) is 12.1 Å². The number of nitrogens with zero attached hydrogens (tertiary/aromatic N) is 1. The van der Waals surface area contributed by atoms with Crippen LogP contribution in [0.2, 0.25) is 5.02 Å². The number of oxazole rings is 1. The SMILES string of the molecule is Cc1ccc2oc(-c3ccc(Cl)c(NC(=O)C(C)C)c3)nc2c1. The fourth-order valence-electron chi connectivity index (χ4n) is 2.19. The van der Waals surface area contributed by atoms with E-state index in [4.69, 9.17) is 16.0 Å². The Morgan fingerprint density at radius 3 is 2.74 bits per heavy atom. The van der Waals surface area contributed by atoms with Gasteiger partial charge in [0.25, 0.3) is 0 Å². The number of anilines is 1. The largest absolute Gasteiger partial charge is 0.436 e.